The molecule has 0 aromatic heterocycles. The van der Waals surface area contributed by atoms with Gasteiger partial charge in [0.1, 0.15) is 16.4 Å². The van der Waals surface area contributed by atoms with Crippen molar-refractivity contribution in [2.75, 3.05) is 0 Å². The third-order valence-corrected chi connectivity index (χ3v) is 8.18. The Kier molecular flexibility index (Phi) is 4.97. The van der Waals surface area contributed by atoms with Crippen molar-refractivity contribution >= 4 is 21.4 Å². The number of hydrogen-bond donors (Lipinski definition) is 0. The molecule has 6 heteroatoms. The molecule has 2 aromatic rings. The van der Waals surface area contributed by atoms with Crippen molar-refractivity contribution in [3.05, 3.63) is 76.8 Å². The van der Waals surface area contributed by atoms with Crippen molar-refractivity contribution in [3.63, 3.8) is 0 Å². The van der Waals surface area contributed by atoms with Gasteiger partial charge in [-0.1, -0.05) is 24.6 Å². The van der Waals surface area contributed by atoms with Crippen LogP contribution in [0.4, 0.5) is 8.78 Å². The molecular weight excluding hydrogens is 378 g/mol. The maximum absolute atomic E-state index is 14.9. The summed E-state index contributed by atoms with van der Waals surface area (Å²) in [7, 11) is -4.04. The third kappa shape index (κ3) is 2.69. The number of halogens is 3. The van der Waals surface area contributed by atoms with Crippen LogP contribution in [0.2, 0.25) is 5.02 Å². The molecule has 0 fully saturated rings. The highest BCUT2D eigenvalue weighted by molar-refractivity contribution is 7.92. The molecule has 2 nitrogen and oxygen atoms in total. The molecular formula is C20H19ClF2O2S. The van der Waals surface area contributed by atoms with Crippen molar-refractivity contribution in [1.82, 2.24) is 0 Å². The molecule has 0 aliphatic heterocycles. The highest BCUT2D eigenvalue weighted by Gasteiger charge is 2.54. The van der Waals surface area contributed by atoms with Gasteiger partial charge >= 0.3 is 0 Å². The summed E-state index contributed by atoms with van der Waals surface area (Å²) in [6.07, 6.45) is 2.19. The zero-order valence-corrected chi connectivity index (χ0v) is 15.9. The van der Waals surface area contributed by atoms with Crippen LogP contribution in [0.15, 0.2) is 53.9 Å². The minimum atomic E-state index is -4.04. The van der Waals surface area contributed by atoms with Crippen molar-refractivity contribution < 1.29 is 17.2 Å². The molecule has 0 saturated heterocycles. The second-order valence-corrected chi connectivity index (χ2v) is 9.31. The van der Waals surface area contributed by atoms with Crippen molar-refractivity contribution in [2.45, 2.75) is 35.8 Å². The summed E-state index contributed by atoms with van der Waals surface area (Å²) in [6, 6.07) is 7.82. The Morgan fingerprint density at radius 3 is 2.42 bits per heavy atom. The van der Waals surface area contributed by atoms with E-state index in [0.29, 0.717) is 17.9 Å². The normalized spacial score (nSPS) is 22.7. The van der Waals surface area contributed by atoms with Gasteiger partial charge in [-0.2, -0.15) is 0 Å². The van der Waals surface area contributed by atoms with Crippen LogP contribution in [-0.4, -0.2) is 8.42 Å². The van der Waals surface area contributed by atoms with Gasteiger partial charge in [-0.05, 0) is 67.1 Å². The average Bonchev–Trinajstić information content (AvgIpc) is 2.60. The Morgan fingerprint density at radius 1 is 1.19 bits per heavy atom. The van der Waals surface area contributed by atoms with Crippen LogP contribution in [0, 0.1) is 17.6 Å². The summed E-state index contributed by atoms with van der Waals surface area (Å²) in [6.45, 7) is 5.45. The van der Waals surface area contributed by atoms with E-state index in [-0.39, 0.29) is 22.4 Å². The zero-order valence-electron chi connectivity index (χ0n) is 14.3. The largest absolute Gasteiger partial charge is 0.223 e. The van der Waals surface area contributed by atoms with Gasteiger partial charge in [0.05, 0.1) is 4.90 Å². The Balaban J connectivity index is 2.38. The molecule has 2 aromatic carbocycles. The first-order valence-electron chi connectivity index (χ1n) is 8.34. The van der Waals surface area contributed by atoms with Gasteiger partial charge in [0.25, 0.3) is 0 Å². The molecule has 0 N–H and O–H groups in total. The molecule has 26 heavy (non-hydrogen) atoms. The van der Waals surface area contributed by atoms with E-state index in [1.54, 1.807) is 6.92 Å². The van der Waals surface area contributed by atoms with Crippen LogP contribution in [0.5, 0.6) is 0 Å². The standard InChI is InChI=1S/C20H19ClF2O2S/c1-3-12-20(26(24,25)15-7-5-14(21)6-8-15)13(2)4-9-16-17(22)10-11-18(23)19(16)20/h3,5-8,10-11,13H,1,4,9,12H2,2H3. The van der Waals surface area contributed by atoms with E-state index in [9.17, 15) is 17.2 Å². The molecule has 1 aliphatic carbocycles. The summed E-state index contributed by atoms with van der Waals surface area (Å²) in [4.78, 5) is 0.0344. The van der Waals surface area contributed by atoms with E-state index in [1.807, 2.05) is 0 Å². The van der Waals surface area contributed by atoms with Gasteiger partial charge in [-0.3, -0.25) is 0 Å². The maximum Gasteiger partial charge on any atom is 0.188 e. The number of rotatable bonds is 4. The van der Waals surface area contributed by atoms with Crippen LogP contribution in [0.1, 0.15) is 30.9 Å². The fraction of sp³-hybridized carbons (Fsp3) is 0.300. The molecule has 2 unspecified atom stereocenters. The fourth-order valence-electron chi connectivity index (χ4n) is 3.99. The number of hydrogen-bond acceptors (Lipinski definition) is 2. The molecule has 0 heterocycles. The van der Waals surface area contributed by atoms with Gasteiger partial charge in [0.2, 0.25) is 0 Å². The first-order valence-corrected chi connectivity index (χ1v) is 10.2. The average molecular weight is 397 g/mol. The maximum atomic E-state index is 14.9. The van der Waals surface area contributed by atoms with Gasteiger partial charge in [-0.25, -0.2) is 17.2 Å². The van der Waals surface area contributed by atoms with Gasteiger partial charge in [-0.15, -0.1) is 6.58 Å². The Morgan fingerprint density at radius 2 is 1.81 bits per heavy atom. The van der Waals surface area contributed by atoms with E-state index in [2.05, 4.69) is 6.58 Å². The number of sulfone groups is 1. The predicted octanol–water partition coefficient (Wildman–Crippen LogP) is 5.45. The second kappa shape index (κ2) is 6.78. The molecule has 2 atom stereocenters. The molecule has 0 amide bonds. The van der Waals surface area contributed by atoms with Crippen LogP contribution < -0.4 is 0 Å². The summed E-state index contributed by atoms with van der Waals surface area (Å²) in [5.74, 6) is -1.69. The lowest BCUT2D eigenvalue weighted by molar-refractivity contribution is 0.325. The molecule has 0 bridgehead atoms. The van der Waals surface area contributed by atoms with E-state index < -0.39 is 32.1 Å². The molecule has 1 aliphatic rings. The quantitative estimate of drug-likeness (QED) is 0.644. The molecule has 138 valence electrons. The Bertz CT molecular complexity index is 955. The van der Waals surface area contributed by atoms with Crippen molar-refractivity contribution in [3.8, 4) is 0 Å². The summed E-state index contributed by atoms with van der Waals surface area (Å²) in [5.41, 5.74) is 0.0774. The lowest BCUT2D eigenvalue weighted by Crippen LogP contribution is -2.46. The predicted molar refractivity (Wildman–Crippen MR) is 99.0 cm³/mol. The highest BCUT2D eigenvalue weighted by atomic mass is 35.5. The topological polar surface area (TPSA) is 34.1 Å². The highest BCUT2D eigenvalue weighted by Crippen LogP contribution is 2.52. The minimum absolute atomic E-state index is 0.00744. The molecule has 0 saturated carbocycles. The second-order valence-electron chi connectivity index (χ2n) is 6.66. The van der Waals surface area contributed by atoms with Crippen LogP contribution in [0.25, 0.3) is 0 Å². The summed E-state index contributed by atoms with van der Waals surface area (Å²) in [5, 5.41) is 0.399. The molecule has 0 spiro atoms. The first kappa shape index (κ1) is 19.1. The summed E-state index contributed by atoms with van der Waals surface area (Å²) >= 11 is 5.88. The third-order valence-electron chi connectivity index (χ3n) is 5.30. The number of fused-ring (bicyclic) bond motifs is 1. The van der Waals surface area contributed by atoms with E-state index in [0.717, 1.165) is 12.1 Å². The van der Waals surface area contributed by atoms with Crippen LogP contribution in [-0.2, 0) is 21.0 Å². The molecule has 3 rings (SSSR count). The van der Waals surface area contributed by atoms with Crippen LogP contribution >= 0.6 is 11.6 Å². The SMILES string of the molecule is C=CCC1(S(=O)(=O)c2ccc(Cl)cc2)c2c(F)ccc(F)c2CCC1C. The van der Waals surface area contributed by atoms with Gasteiger partial charge < -0.3 is 0 Å². The number of allylic oxidation sites excluding steroid dienone is 1. The first-order chi connectivity index (χ1) is 12.3. The summed E-state index contributed by atoms with van der Waals surface area (Å²) < 4.78 is 55.0. The van der Waals surface area contributed by atoms with Crippen molar-refractivity contribution in [2.24, 2.45) is 5.92 Å². The monoisotopic (exact) mass is 396 g/mol. The minimum Gasteiger partial charge on any atom is -0.223 e. The Hall–Kier alpha value is -1.72. The lowest BCUT2D eigenvalue weighted by Gasteiger charge is -2.43. The number of benzene rings is 2. The van der Waals surface area contributed by atoms with Crippen LogP contribution in [0.3, 0.4) is 0 Å². The van der Waals surface area contributed by atoms with E-state index in [4.69, 9.17) is 11.6 Å². The fourth-order valence-corrected chi connectivity index (χ4v) is 6.50. The van der Waals surface area contributed by atoms with Crippen molar-refractivity contribution in [1.29, 1.82) is 0 Å². The zero-order chi connectivity index (χ0) is 19.1. The Labute approximate surface area is 157 Å². The van der Waals surface area contributed by atoms with E-state index in [1.165, 1.54) is 30.3 Å². The van der Waals surface area contributed by atoms with Gasteiger partial charge in [0, 0.05) is 10.6 Å². The smallest absolute Gasteiger partial charge is 0.188 e. The van der Waals surface area contributed by atoms with E-state index >= 15 is 0 Å². The molecule has 0 radical (unpaired) electrons. The van der Waals surface area contributed by atoms with Gasteiger partial charge in [0.15, 0.2) is 9.84 Å². The lowest BCUT2D eigenvalue weighted by atomic mass is 9.73.